The number of hydrogen-bond donors (Lipinski definition) is 2. The first-order chi connectivity index (χ1) is 12.5. The molecule has 0 saturated carbocycles. The molecule has 0 spiro atoms. The zero-order valence-corrected chi connectivity index (χ0v) is 15.3. The van der Waals surface area contributed by atoms with Crippen LogP contribution in [-0.2, 0) is 4.79 Å². The SMILES string of the molecule is CCC(CC)(CN)NC(=O)COc1ccc(C(=O)c2ccccc2)cc1. The number of carbonyl (C=O) groups excluding carboxylic acids is 2. The van der Waals surface area contributed by atoms with Crippen LogP contribution in [0.1, 0.15) is 42.6 Å². The molecule has 138 valence electrons. The molecule has 0 radical (unpaired) electrons. The number of rotatable bonds is 9. The fourth-order valence-electron chi connectivity index (χ4n) is 2.71. The Kier molecular flexibility index (Phi) is 6.92. The van der Waals surface area contributed by atoms with E-state index in [9.17, 15) is 9.59 Å². The fourth-order valence-corrected chi connectivity index (χ4v) is 2.71. The number of nitrogens with one attached hydrogen (secondary N) is 1. The van der Waals surface area contributed by atoms with Crippen molar-refractivity contribution in [3.05, 3.63) is 65.7 Å². The van der Waals surface area contributed by atoms with E-state index in [1.165, 1.54) is 0 Å². The molecule has 0 aliphatic heterocycles. The van der Waals surface area contributed by atoms with E-state index in [1.807, 2.05) is 32.0 Å². The molecule has 5 nitrogen and oxygen atoms in total. The number of ketones is 1. The van der Waals surface area contributed by atoms with Gasteiger partial charge in [-0.15, -0.1) is 0 Å². The molecular weight excluding hydrogens is 328 g/mol. The summed E-state index contributed by atoms with van der Waals surface area (Å²) in [6.45, 7) is 4.30. The molecule has 3 N–H and O–H groups in total. The molecule has 0 heterocycles. The third kappa shape index (κ3) is 4.92. The van der Waals surface area contributed by atoms with Crippen molar-refractivity contribution in [2.75, 3.05) is 13.2 Å². The highest BCUT2D eigenvalue weighted by atomic mass is 16.5. The molecule has 5 heteroatoms. The first kappa shape index (κ1) is 19.7. The Morgan fingerprint density at radius 2 is 1.54 bits per heavy atom. The van der Waals surface area contributed by atoms with Gasteiger partial charge in [0.15, 0.2) is 12.4 Å². The van der Waals surface area contributed by atoms with Crippen LogP contribution in [0, 0.1) is 0 Å². The largest absolute Gasteiger partial charge is 0.484 e. The van der Waals surface area contributed by atoms with Gasteiger partial charge < -0.3 is 15.8 Å². The molecule has 0 atom stereocenters. The molecule has 2 aromatic rings. The van der Waals surface area contributed by atoms with E-state index < -0.39 is 0 Å². The second-order valence-corrected chi connectivity index (χ2v) is 6.25. The van der Waals surface area contributed by atoms with Gasteiger partial charge in [0.25, 0.3) is 5.91 Å². The van der Waals surface area contributed by atoms with Crippen molar-refractivity contribution in [1.29, 1.82) is 0 Å². The monoisotopic (exact) mass is 354 g/mol. The molecule has 0 bridgehead atoms. The minimum Gasteiger partial charge on any atom is -0.484 e. The van der Waals surface area contributed by atoms with E-state index in [2.05, 4.69) is 5.32 Å². The topological polar surface area (TPSA) is 81.4 Å². The highest BCUT2D eigenvalue weighted by Gasteiger charge is 2.26. The van der Waals surface area contributed by atoms with Gasteiger partial charge in [-0.1, -0.05) is 44.2 Å². The van der Waals surface area contributed by atoms with Gasteiger partial charge in [0, 0.05) is 17.7 Å². The summed E-state index contributed by atoms with van der Waals surface area (Å²) in [5.41, 5.74) is 6.62. The summed E-state index contributed by atoms with van der Waals surface area (Å²) in [7, 11) is 0. The number of ether oxygens (including phenoxy) is 1. The van der Waals surface area contributed by atoms with Gasteiger partial charge in [-0.25, -0.2) is 0 Å². The summed E-state index contributed by atoms with van der Waals surface area (Å²) in [5.74, 6) is 0.285. The highest BCUT2D eigenvalue weighted by molar-refractivity contribution is 6.08. The van der Waals surface area contributed by atoms with Gasteiger partial charge in [-0.3, -0.25) is 9.59 Å². The minimum absolute atomic E-state index is 0.0477. The van der Waals surface area contributed by atoms with Crippen LogP contribution < -0.4 is 15.8 Å². The van der Waals surface area contributed by atoms with Crippen molar-refractivity contribution >= 4 is 11.7 Å². The molecule has 0 aromatic heterocycles. The Balaban J connectivity index is 1.93. The van der Waals surface area contributed by atoms with Gasteiger partial charge in [0.2, 0.25) is 0 Å². The molecule has 0 unspecified atom stereocenters. The van der Waals surface area contributed by atoms with Crippen LogP contribution in [0.4, 0.5) is 0 Å². The maximum Gasteiger partial charge on any atom is 0.258 e. The molecule has 1 amide bonds. The van der Waals surface area contributed by atoms with Gasteiger partial charge >= 0.3 is 0 Å². The average Bonchev–Trinajstić information content (AvgIpc) is 2.71. The van der Waals surface area contributed by atoms with Crippen molar-refractivity contribution in [1.82, 2.24) is 5.32 Å². The van der Waals surface area contributed by atoms with E-state index in [1.54, 1.807) is 36.4 Å². The average molecular weight is 354 g/mol. The third-order valence-corrected chi connectivity index (χ3v) is 4.67. The van der Waals surface area contributed by atoms with E-state index in [-0.39, 0.29) is 23.8 Å². The smallest absolute Gasteiger partial charge is 0.258 e. The molecule has 0 aliphatic carbocycles. The Hall–Kier alpha value is -2.66. The number of amides is 1. The molecule has 2 aromatic carbocycles. The zero-order chi connectivity index (χ0) is 19.0. The maximum absolute atomic E-state index is 12.4. The van der Waals surface area contributed by atoms with E-state index in [4.69, 9.17) is 10.5 Å². The lowest BCUT2D eigenvalue weighted by molar-refractivity contribution is -0.125. The van der Waals surface area contributed by atoms with Crippen LogP contribution in [0.3, 0.4) is 0 Å². The van der Waals surface area contributed by atoms with Crippen molar-refractivity contribution in [2.24, 2.45) is 5.73 Å². The molecular formula is C21H26N2O3. The predicted molar refractivity (Wildman–Crippen MR) is 102 cm³/mol. The Bertz CT molecular complexity index is 714. The van der Waals surface area contributed by atoms with Gasteiger partial charge in [-0.05, 0) is 37.1 Å². The summed E-state index contributed by atoms with van der Waals surface area (Å²) < 4.78 is 5.52. The van der Waals surface area contributed by atoms with E-state index in [0.717, 1.165) is 12.8 Å². The van der Waals surface area contributed by atoms with Crippen molar-refractivity contribution < 1.29 is 14.3 Å². The summed E-state index contributed by atoms with van der Waals surface area (Å²) >= 11 is 0. The Morgan fingerprint density at radius 1 is 0.962 bits per heavy atom. The number of benzene rings is 2. The van der Waals surface area contributed by atoms with E-state index >= 15 is 0 Å². The predicted octanol–water partition coefficient (Wildman–Crippen LogP) is 2.93. The molecule has 0 aliphatic rings. The number of nitrogens with two attached hydrogens (primary N) is 1. The van der Waals surface area contributed by atoms with Crippen LogP contribution >= 0.6 is 0 Å². The lowest BCUT2D eigenvalue weighted by atomic mass is 9.93. The highest BCUT2D eigenvalue weighted by Crippen LogP contribution is 2.16. The van der Waals surface area contributed by atoms with Crippen LogP contribution in [0.15, 0.2) is 54.6 Å². The normalized spacial score (nSPS) is 11.0. The van der Waals surface area contributed by atoms with Crippen molar-refractivity contribution in [3.63, 3.8) is 0 Å². The number of hydrogen-bond acceptors (Lipinski definition) is 4. The quantitative estimate of drug-likeness (QED) is 0.679. The van der Waals surface area contributed by atoms with Gasteiger partial charge in [0.05, 0.1) is 5.54 Å². The van der Waals surface area contributed by atoms with Gasteiger partial charge in [-0.2, -0.15) is 0 Å². The second-order valence-electron chi connectivity index (χ2n) is 6.25. The molecule has 0 fully saturated rings. The van der Waals surface area contributed by atoms with Crippen LogP contribution in [0.2, 0.25) is 0 Å². The van der Waals surface area contributed by atoms with Crippen LogP contribution in [0.25, 0.3) is 0 Å². The van der Waals surface area contributed by atoms with Crippen molar-refractivity contribution in [3.8, 4) is 5.75 Å². The second kappa shape index (κ2) is 9.15. The molecule has 2 rings (SSSR count). The maximum atomic E-state index is 12.4. The van der Waals surface area contributed by atoms with Crippen LogP contribution in [-0.4, -0.2) is 30.4 Å². The summed E-state index contributed by atoms with van der Waals surface area (Å²) in [6, 6.07) is 15.9. The van der Waals surface area contributed by atoms with Crippen LogP contribution in [0.5, 0.6) is 5.75 Å². The fraction of sp³-hybridized carbons (Fsp3) is 0.333. The van der Waals surface area contributed by atoms with E-state index in [0.29, 0.717) is 23.4 Å². The summed E-state index contributed by atoms with van der Waals surface area (Å²) in [6.07, 6.45) is 1.53. The lowest BCUT2D eigenvalue weighted by Gasteiger charge is -2.31. The first-order valence-electron chi connectivity index (χ1n) is 8.87. The standard InChI is InChI=1S/C21H26N2O3/c1-3-21(4-2,15-22)23-19(24)14-26-18-12-10-17(11-13-18)20(25)16-8-6-5-7-9-16/h5-13H,3-4,14-15,22H2,1-2H3,(H,23,24). The minimum atomic E-state index is -0.383. The Morgan fingerprint density at radius 3 is 2.08 bits per heavy atom. The van der Waals surface area contributed by atoms with Gasteiger partial charge in [0.1, 0.15) is 5.75 Å². The summed E-state index contributed by atoms with van der Waals surface area (Å²) in [5, 5.41) is 2.96. The molecule has 26 heavy (non-hydrogen) atoms. The lowest BCUT2D eigenvalue weighted by Crippen LogP contribution is -2.54. The van der Waals surface area contributed by atoms with Crippen molar-refractivity contribution in [2.45, 2.75) is 32.2 Å². The number of carbonyl (C=O) groups is 2. The molecule has 0 saturated heterocycles. The Labute approximate surface area is 154 Å². The summed E-state index contributed by atoms with van der Waals surface area (Å²) in [4.78, 5) is 24.5. The zero-order valence-electron chi connectivity index (χ0n) is 15.3. The third-order valence-electron chi connectivity index (χ3n) is 4.67. The first-order valence-corrected chi connectivity index (χ1v) is 8.87.